The second kappa shape index (κ2) is 1.67. The van der Waals surface area contributed by atoms with Crippen LogP contribution in [-0.4, -0.2) is 19.0 Å². The summed E-state index contributed by atoms with van der Waals surface area (Å²) in [7, 11) is 0. The van der Waals surface area contributed by atoms with Gasteiger partial charge in [-0.25, -0.2) is 0 Å². The Labute approximate surface area is 49.5 Å². The van der Waals surface area contributed by atoms with Crippen LogP contribution in [0, 0.1) is 5.41 Å². The molecule has 1 heterocycles. The molecule has 1 nitrogen and oxygen atoms in total. The van der Waals surface area contributed by atoms with E-state index in [0.717, 1.165) is 19.0 Å². The molecule has 0 bridgehead atoms. The molecular weight excluding hydrogens is 108 g/mol. The van der Waals surface area contributed by atoms with Gasteiger partial charge in [-0.05, 0) is 0 Å². The van der Waals surface area contributed by atoms with Crippen molar-refractivity contribution in [2.24, 2.45) is 5.41 Å². The molecule has 0 saturated carbocycles. The quantitative estimate of drug-likeness (QED) is 0.504. The van der Waals surface area contributed by atoms with Crippen molar-refractivity contribution in [3.8, 4) is 0 Å². The van der Waals surface area contributed by atoms with E-state index < -0.39 is 0 Å². The summed E-state index contributed by atoms with van der Waals surface area (Å²) in [5.74, 6) is 0.951. The van der Waals surface area contributed by atoms with E-state index in [-0.39, 0.29) is 0 Å². The number of ether oxygens (including phenoxy) is 1. The third kappa shape index (κ3) is 0.916. The molecule has 1 aliphatic heterocycles. The second-order valence-electron chi connectivity index (χ2n) is 2.46. The minimum Gasteiger partial charge on any atom is -0.380 e. The van der Waals surface area contributed by atoms with Gasteiger partial charge in [0.1, 0.15) is 0 Å². The Morgan fingerprint density at radius 1 is 1.71 bits per heavy atom. The first kappa shape index (κ1) is 5.45. The highest BCUT2D eigenvalue weighted by Crippen LogP contribution is 2.26. The van der Waals surface area contributed by atoms with Crippen LogP contribution in [0.15, 0.2) is 0 Å². The Kier molecular flexibility index (Phi) is 1.30. The van der Waals surface area contributed by atoms with Crippen LogP contribution < -0.4 is 0 Å². The zero-order chi connectivity index (χ0) is 5.33. The van der Waals surface area contributed by atoms with E-state index in [2.05, 4.69) is 19.6 Å². The summed E-state index contributed by atoms with van der Waals surface area (Å²) in [6.45, 7) is 3.98. The van der Waals surface area contributed by atoms with E-state index in [4.69, 9.17) is 4.74 Å². The van der Waals surface area contributed by atoms with E-state index in [1.165, 1.54) is 0 Å². The predicted octanol–water partition coefficient (Wildman–Crippen LogP) is 0.953. The highest BCUT2D eigenvalue weighted by Gasteiger charge is 2.31. The third-order valence-electron chi connectivity index (χ3n) is 1.28. The lowest BCUT2D eigenvalue weighted by Gasteiger charge is -2.36. The number of hydrogen-bond acceptors (Lipinski definition) is 2. The smallest absolute Gasteiger partial charge is 0.0550 e. The largest absolute Gasteiger partial charge is 0.380 e. The average molecular weight is 118 g/mol. The molecule has 2 heteroatoms. The van der Waals surface area contributed by atoms with Crippen LogP contribution in [0.1, 0.15) is 6.92 Å². The molecule has 0 aromatic heterocycles. The first-order valence-electron chi connectivity index (χ1n) is 2.45. The van der Waals surface area contributed by atoms with Crippen LogP contribution in [0.25, 0.3) is 0 Å². The Morgan fingerprint density at radius 3 is 2.29 bits per heavy atom. The van der Waals surface area contributed by atoms with Gasteiger partial charge in [-0.2, -0.15) is 12.6 Å². The summed E-state index contributed by atoms with van der Waals surface area (Å²) in [5, 5.41) is 0. The molecule has 0 spiro atoms. The molecular formula is C5H10OS. The first-order chi connectivity index (χ1) is 3.27. The fourth-order valence-corrected chi connectivity index (χ4v) is 0.724. The molecule has 0 aliphatic carbocycles. The molecule has 1 rings (SSSR count). The summed E-state index contributed by atoms with van der Waals surface area (Å²) in [4.78, 5) is 0. The van der Waals surface area contributed by atoms with Crippen molar-refractivity contribution in [1.82, 2.24) is 0 Å². The summed E-state index contributed by atoms with van der Waals surface area (Å²) in [6, 6.07) is 0. The fraction of sp³-hybridized carbons (Fsp3) is 1.00. The normalized spacial score (nSPS) is 26.6. The van der Waals surface area contributed by atoms with Crippen LogP contribution in [0.5, 0.6) is 0 Å². The van der Waals surface area contributed by atoms with Crippen LogP contribution >= 0.6 is 12.6 Å². The van der Waals surface area contributed by atoms with Gasteiger partial charge in [0.05, 0.1) is 13.2 Å². The zero-order valence-corrected chi connectivity index (χ0v) is 5.37. The molecule has 0 aromatic rings. The van der Waals surface area contributed by atoms with Gasteiger partial charge in [0.25, 0.3) is 0 Å². The van der Waals surface area contributed by atoms with Gasteiger partial charge in [-0.15, -0.1) is 0 Å². The maximum atomic E-state index is 4.98. The van der Waals surface area contributed by atoms with Gasteiger partial charge in [0.2, 0.25) is 0 Å². The Balaban J connectivity index is 2.29. The molecule has 1 saturated heterocycles. The van der Waals surface area contributed by atoms with Gasteiger partial charge in [0, 0.05) is 11.2 Å². The molecule has 0 N–H and O–H groups in total. The molecule has 1 fully saturated rings. The standard InChI is InChI=1S/C5H10OS/c1-5(4-7)2-6-3-5/h7H,2-4H2,1H3. The van der Waals surface area contributed by atoms with Crippen molar-refractivity contribution in [1.29, 1.82) is 0 Å². The number of thiol groups is 1. The summed E-state index contributed by atoms with van der Waals surface area (Å²) < 4.78 is 4.98. The van der Waals surface area contributed by atoms with E-state index >= 15 is 0 Å². The number of hydrogen-bond donors (Lipinski definition) is 1. The minimum atomic E-state index is 0.406. The molecule has 42 valence electrons. The van der Waals surface area contributed by atoms with Gasteiger partial charge in [-0.3, -0.25) is 0 Å². The van der Waals surface area contributed by atoms with Gasteiger partial charge in [0.15, 0.2) is 0 Å². The SMILES string of the molecule is CC1(CS)COC1. The molecule has 0 amide bonds. The lowest BCUT2D eigenvalue weighted by atomic mass is 9.92. The highest BCUT2D eigenvalue weighted by atomic mass is 32.1. The molecule has 1 aliphatic rings. The third-order valence-corrected chi connectivity index (χ3v) is 2.05. The lowest BCUT2D eigenvalue weighted by molar-refractivity contribution is -0.0859. The zero-order valence-electron chi connectivity index (χ0n) is 4.48. The van der Waals surface area contributed by atoms with Gasteiger partial charge < -0.3 is 4.74 Å². The van der Waals surface area contributed by atoms with Crippen molar-refractivity contribution in [3.63, 3.8) is 0 Å². The number of rotatable bonds is 1. The van der Waals surface area contributed by atoms with Crippen molar-refractivity contribution in [3.05, 3.63) is 0 Å². The maximum Gasteiger partial charge on any atom is 0.0550 e. The second-order valence-corrected chi connectivity index (χ2v) is 2.78. The van der Waals surface area contributed by atoms with Crippen LogP contribution in [-0.2, 0) is 4.74 Å². The molecule has 7 heavy (non-hydrogen) atoms. The van der Waals surface area contributed by atoms with E-state index in [9.17, 15) is 0 Å². The van der Waals surface area contributed by atoms with Crippen molar-refractivity contribution < 1.29 is 4.74 Å². The van der Waals surface area contributed by atoms with Crippen molar-refractivity contribution in [2.75, 3.05) is 19.0 Å². The van der Waals surface area contributed by atoms with Gasteiger partial charge >= 0.3 is 0 Å². The molecule has 0 unspecified atom stereocenters. The molecule has 0 atom stereocenters. The average Bonchev–Trinajstić information content (AvgIpc) is 1.61. The minimum absolute atomic E-state index is 0.406. The van der Waals surface area contributed by atoms with E-state index in [1.54, 1.807) is 0 Å². The van der Waals surface area contributed by atoms with Crippen LogP contribution in [0.2, 0.25) is 0 Å². The van der Waals surface area contributed by atoms with Crippen molar-refractivity contribution >= 4 is 12.6 Å². The Bertz CT molecular complexity index is 63.0. The van der Waals surface area contributed by atoms with Gasteiger partial charge in [-0.1, -0.05) is 6.92 Å². The Hall–Kier alpha value is 0.310. The summed E-state index contributed by atoms with van der Waals surface area (Å²) in [5.41, 5.74) is 0.406. The van der Waals surface area contributed by atoms with Crippen LogP contribution in [0.3, 0.4) is 0 Å². The molecule has 0 radical (unpaired) electrons. The Morgan fingerprint density at radius 2 is 2.29 bits per heavy atom. The predicted molar refractivity (Wildman–Crippen MR) is 32.8 cm³/mol. The lowest BCUT2D eigenvalue weighted by Crippen LogP contribution is -2.41. The van der Waals surface area contributed by atoms with Crippen LogP contribution in [0.4, 0.5) is 0 Å². The fourth-order valence-electron chi connectivity index (χ4n) is 0.542. The topological polar surface area (TPSA) is 9.23 Å². The summed E-state index contributed by atoms with van der Waals surface area (Å²) in [6.07, 6.45) is 0. The van der Waals surface area contributed by atoms with Crippen molar-refractivity contribution in [2.45, 2.75) is 6.92 Å². The highest BCUT2D eigenvalue weighted by molar-refractivity contribution is 7.80. The summed E-state index contributed by atoms with van der Waals surface area (Å²) >= 11 is 4.15. The molecule has 0 aromatic carbocycles. The monoisotopic (exact) mass is 118 g/mol. The van der Waals surface area contributed by atoms with E-state index in [0.29, 0.717) is 5.41 Å². The maximum absolute atomic E-state index is 4.98. The first-order valence-corrected chi connectivity index (χ1v) is 3.09. The van der Waals surface area contributed by atoms with E-state index in [1.807, 2.05) is 0 Å².